The Morgan fingerprint density at radius 3 is 2.07 bits per heavy atom. The highest BCUT2D eigenvalue weighted by Crippen LogP contribution is 2.43. The average molecular weight is 428 g/mol. The topological polar surface area (TPSA) is 60.5 Å². The van der Waals surface area contributed by atoms with E-state index >= 15 is 0 Å². The molecule has 162 valence electrons. The molecule has 2 aromatic carbocycles. The first kappa shape index (κ1) is 22.2. The van der Waals surface area contributed by atoms with Gasteiger partial charge in [0.15, 0.2) is 0 Å². The van der Waals surface area contributed by atoms with Gasteiger partial charge in [-0.2, -0.15) is 0 Å². The minimum absolute atomic E-state index is 0.383. The molecule has 5 nitrogen and oxygen atoms in total. The van der Waals surface area contributed by atoms with E-state index in [9.17, 15) is 4.79 Å². The lowest BCUT2D eigenvalue weighted by Crippen LogP contribution is -2.50. The van der Waals surface area contributed by atoms with Crippen molar-refractivity contribution in [2.24, 2.45) is 0 Å². The molecule has 1 aromatic heterocycles. The monoisotopic (exact) mass is 427 g/mol. The predicted molar refractivity (Wildman–Crippen MR) is 125 cm³/mol. The molecule has 0 fully saturated rings. The van der Waals surface area contributed by atoms with Crippen LogP contribution < -0.4 is 9.16 Å². The van der Waals surface area contributed by atoms with E-state index in [0.29, 0.717) is 27.9 Å². The Morgan fingerprint density at radius 2 is 1.53 bits per heavy atom. The summed E-state index contributed by atoms with van der Waals surface area (Å²) >= 11 is 0. The number of carbonyl (C=O) groups excluding carboxylic acids is 1. The summed E-state index contributed by atoms with van der Waals surface area (Å²) in [4.78, 5) is 15.5. The summed E-state index contributed by atoms with van der Waals surface area (Å²) in [5, 5.41) is 1.95. The van der Waals surface area contributed by atoms with E-state index in [1.807, 2.05) is 12.1 Å². The Labute approximate surface area is 179 Å². The molecule has 3 aromatic rings. The first-order valence-electron chi connectivity index (χ1n) is 10.6. The predicted octanol–water partition coefficient (Wildman–Crippen LogP) is 6.67. The maximum atomic E-state index is 12.1. The first-order chi connectivity index (χ1) is 14.1. The zero-order valence-corrected chi connectivity index (χ0v) is 20.3. The molecule has 0 aliphatic heterocycles. The fraction of sp³-hybridized carbons (Fsp3) is 0.458. The normalized spacial score (nSPS) is 12.4. The molecule has 0 radical (unpaired) electrons. The number of H-pyrrole nitrogens is 1. The third-order valence-corrected chi connectivity index (χ3v) is 12.3. The van der Waals surface area contributed by atoms with Crippen molar-refractivity contribution in [3.8, 4) is 11.5 Å². The molecule has 3 rings (SSSR count). The van der Waals surface area contributed by atoms with Crippen LogP contribution in [0.2, 0.25) is 16.6 Å². The molecule has 0 spiro atoms. The molecule has 30 heavy (non-hydrogen) atoms. The fourth-order valence-electron chi connectivity index (χ4n) is 4.97. The van der Waals surface area contributed by atoms with Crippen LogP contribution in [0.1, 0.15) is 51.9 Å². The van der Waals surface area contributed by atoms with Crippen molar-refractivity contribution in [3.63, 3.8) is 0 Å². The fourth-order valence-corrected chi connectivity index (χ4v) is 10.2. The van der Waals surface area contributed by atoms with Crippen LogP contribution in [0.4, 0.5) is 0 Å². The number of hydrogen-bond donors (Lipinski definition) is 1. The second-order valence-electron chi connectivity index (χ2n) is 8.84. The van der Waals surface area contributed by atoms with Gasteiger partial charge in [-0.15, -0.1) is 0 Å². The van der Waals surface area contributed by atoms with Gasteiger partial charge < -0.3 is 18.9 Å². The molecule has 6 heteroatoms. The maximum absolute atomic E-state index is 12.1. The summed E-state index contributed by atoms with van der Waals surface area (Å²) < 4.78 is 17.3. The van der Waals surface area contributed by atoms with Gasteiger partial charge >= 0.3 is 5.97 Å². The summed E-state index contributed by atoms with van der Waals surface area (Å²) in [6, 6.07) is 9.72. The average Bonchev–Trinajstić information content (AvgIpc) is 3.07. The Kier molecular flexibility index (Phi) is 6.18. The lowest BCUT2D eigenvalue weighted by Gasteiger charge is -2.42. The van der Waals surface area contributed by atoms with Crippen molar-refractivity contribution in [3.05, 3.63) is 35.9 Å². The molecule has 0 bridgehead atoms. The largest absolute Gasteiger partial charge is 0.543 e. The molecule has 1 N–H and O–H groups in total. The third-order valence-electron chi connectivity index (χ3n) is 6.29. The number of carbonyl (C=O) groups is 1. The summed E-state index contributed by atoms with van der Waals surface area (Å²) in [6.07, 6.45) is 0. The smallest absolute Gasteiger partial charge is 0.338 e. The molecule has 1 heterocycles. The number of aromatic nitrogens is 1. The SMILES string of the molecule is COC(=O)c1cc(OC)c2[nH]c3cc(O[Si](C(C)C)(C(C)C)C(C)C)ccc3c2c1. The van der Waals surface area contributed by atoms with E-state index in [-0.39, 0.29) is 5.97 Å². The van der Waals surface area contributed by atoms with Crippen LogP contribution in [-0.2, 0) is 4.74 Å². The highest BCUT2D eigenvalue weighted by molar-refractivity contribution is 6.78. The van der Waals surface area contributed by atoms with Crippen LogP contribution in [0, 0.1) is 0 Å². The number of aromatic amines is 1. The Hall–Kier alpha value is -2.47. The second-order valence-corrected chi connectivity index (χ2v) is 14.2. The van der Waals surface area contributed by atoms with Crippen molar-refractivity contribution < 1.29 is 18.7 Å². The quantitative estimate of drug-likeness (QED) is 0.338. The van der Waals surface area contributed by atoms with Crippen molar-refractivity contribution in [1.82, 2.24) is 4.98 Å². The van der Waals surface area contributed by atoms with E-state index < -0.39 is 8.32 Å². The second kappa shape index (κ2) is 8.34. The summed E-state index contributed by atoms with van der Waals surface area (Å²) in [6.45, 7) is 13.7. The molecule has 0 atom stereocenters. The number of ether oxygens (including phenoxy) is 2. The molecule has 0 aliphatic rings. The maximum Gasteiger partial charge on any atom is 0.338 e. The molecule has 0 saturated heterocycles. The van der Waals surface area contributed by atoms with Gasteiger partial charge in [-0.05, 0) is 40.9 Å². The van der Waals surface area contributed by atoms with Crippen molar-refractivity contribution in [2.45, 2.75) is 58.2 Å². The highest BCUT2D eigenvalue weighted by atomic mass is 28.4. The standard InChI is InChI=1S/C24H33NO4Si/c1-14(2)30(15(3)4,16(5)6)29-18-9-10-19-20-11-17(24(26)28-8)12-22(27-7)23(20)25-21(19)13-18/h9-16,25H,1-8H3. The van der Waals surface area contributed by atoms with Crippen molar-refractivity contribution in [1.29, 1.82) is 0 Å². The number of fused-ring (bicyclic) bond motifs is 3. The lowest BCUT2D eigenvalue weighted by atomic mass is 10.1. The van der Waals surface area contributed by atoms with Gasteiger partial charge in [0.05, 0.1) is 30.8 Å². The number of esters is 1. The van der Waals surface area contributed by atoms with Crippen LogP contribution in [0.3, 0.4) is 0 Å². The van der Waals surface area contributed by atoms with E-state index in [4.69, 9.17) is 13.9 Å². The number of rotatable bonds is 7. The van der Waals surface area contributed by atoms with E-state index in [1.54, 1.807) is 13.2 Å². The Balaban J connectivity index is 2.15. The summed E-state index contributed by atoms with van der Waals surface area (Å²) in [5.74, 6) is 1.12. The lowest BCUT2D eigenvalue weighted by molar-refractivity contribution is 0.0600. The molecular formula is C24H33NO4Si. The van der Waals surface area contributed by atoms with Crippen molar-refractivity contribution in [2.75, 3.05) is 14.2 Å². The van der Waals surface area contributed by atoms with Crippen molar-refractivity contribution >= 4 is 36.1 Å². The number of methoxy groups -OCH3 is 2. The zero-order valence-electron chi connectivity index (χ0n) is 19.3. The van der Waals surface area contributed by atoms with Gasteiger partial charge in [0.2, 0.25) is 0 Å². The van der Waals surface area contributed by atoms with Crippen LogP contribution in [-0.4, -0.2) is 33.5 Å². The van der Waals surface area contributed by atoms with Gasteiger partial charge in [0.1, 0.15) is 11.5 Å². The Bertz CT molecular complexity index is 1050. The molecule has 0 amide bonds. The number of nitrogens with one attached hydrogen (secondary N) is 1. The van der Waals surface area contributed by atoms with Crippen LogP contribution in [0.5, 0.6) is 11.5 Å². The Morgan fingerprint density at radius 1 is 0.900 bits per heavy atom. The minimum Gasteiger partial charge on any atom is -0.543 e. The van der Waals surface area contributed by atoms with Crippen LogP contribution in [0.15, 0.2) is 30.3 Å². The van der Waals surface area contributed by atoms with Gasteiger partial charge in [0, 0.05) is 16.8 Å². The van der Waals surface area contributed by atoms with Crippen LogP contribution in [0.25, 0.3) is 21.8 Å². The highest BCUT2D eigenvalue weighted by Gasteiger charge is 2.47. The molecule has 0 unspecified atom stereocenters. The van der Waals surface area contributed by atoms with E-state index in [2.05, 4.69) is 58.7 Å². The summed E-state index contributed by atoms with van der Waals surface area (Å²) in [5.41, 5.74) is 3.78. The van der Waals surface area contributed by atoms with Gasteiger partial charge in [-0.1, -0.05) is 41.5 Å². The minimum atomic E-state index is -2.04. The molecule has 0 saturated carbocycles. The van der Waals surface area contributed by atoms with Gasteiger partial charge in [0.25, 0.3) is 8.32 Å². The van der Waals surface area contributed by atoms with Gasteiger partial charge in [-0.3, -0.25) is 0 Å². The first-order valence-corrected chi connectivity index (χ1v) is 12.7. The molecule has 0 aliphatic carbocycles. The molecular weight excluding hydrogens is 394 g/mol. The van der Waals surface area contributed by atoms with E-state index in [1.165, 1.54) is 7.11 Å². The summed E-state index contributed by atoms with van der Waals surface area (Å²) in [7, 11) is 0.941. The number of benzene rings is 2. The van der Waals surface area contributed by atoms with Gasteiger partial charge in [-0.25, -0.2) is 4.79 Å². The van der Waals surface area contributed by atoms with Crippen LogP contribution >= 0.6 is 0 Å². The van der Waals surface area contributed by atoms with E-state index in [0.717, 1.165) is 27.6 Å². The third kappa shape index (κ3) is 3.58. The zero-order chi connectivity index (χ0) is 22.2. The number of hydrogen-bond acceptors (Lipinski definition) is 4.